The average Bonchev–Trinajstić information content (AvgIpc) is 3.50. The minimum atomic E-state index is 0.346. The summed E-state index contributed by atoms with van der Waals surface area (Å²) in [4.78, 5) is 0. The van der Waals surface area contributed by atoms with Gasteiger partial charge in [-0.15, -0.1) is 6.58 Å². The predicted octanol–water partition coefficient (Wildman–Crippen LogP) is 8.96. The molecule has 0 aromatic rings. The van der Waals surface area contributed by atoms with E-state index in [1.54, 1.807) is 0 Å². The maximum absolute atomic E-state index is 5.24. The number of ether oxygens (including phenoxy) is 2. The lowest BCUT2D eigenvalue weighted by atomic mass is 10.1. The minimum Gasteiger partial charge on any atom is -0.376 e. The van der Waals surface area contributed by atoms with Crippen LogP contribution < -0.4 is 0 Å². The summed E-state index contributed by atoms with van der Waals surface area (Å²) in [7, 11) is 0. The van der Waals surface area contributed by atoms with Crippen LogP contribution in [-0.4, -0.2) is 25.4 Å². The van der Waals surface area contributed by atoms with E-state index in [2.05, 4.69) is 68.5 Å². The molecule has 2 saturated carbocycles. The summed E-state index contributed by atoms with van der Waals surface area (Å²) in [5, 5.41) is 0. The summed E-state index contributed by atoms with van der Waals surface area (Å²) in [6.45, 7) is 32.8. The van der Waals surface area contributed by atoms with Crippen LogP contribution in [0.5, 0.6) is 0 Å². The van der Waals surface area contributed by atoms with Crippen molar-refractivity contribution in [3.63, 3.8) is 0 Å². The van der Waals surface area contributed by atoms with Crippen molar-refractivity contribution in [3.05, 3.63) is 24.8 Å². The van der Waals surface area contributed by atoms with Crippen molar-refractivity contribution >= 4 is 0 Å². The van der Waals surface area contributed by atoms with Gasteiger partial charge in [-0.2, -0.15) is 0 Å². The smallest absolute Gasteiger partial charge is 0.104 e. The molecule has 1 unspecified atom stereocenters. The number of rotatable bonds is 7. The highest BCUT2D eigenvalue weighted by Crippen LogP contribution is 2.36. The second kappa shape index (κ2) is 18.9. The molecular weight excluding hydrogens is 380 g/mol. The van der Waals surface area contributed by atoms with E-state index in [1.807, 2.05) is 26.8 Å². The van der Waals surface area contributed by atoms with E-state index in [0.717, 1.165) is 36.9 Å². The van der Waals surface area contributed by atoms with Gasteiger partial charge in [0.1, 0.15) is 6.10 Å². The van der Waals surface area contributed by atoms with Gasteiger partial charge < -0.3 is 9.47 Å². The van der Waals surface area contributed by atoms with Crippen LogP contribution in [0, 0.1) is 35.5 Å². The standard InChI is InChI=1S/C6H12O2.3C6H12.C5H10/c1-5(2)7-3-6-4-8-6;2*1-5(2)6-3-4-6;1-5(2)6(3)4;1-4-5(2)3/h5-6H,3-4H2,1-2H3;2*5-6H,3-4H2,1-2H3;6H,1H2,2-4H3;4-5H,1H2,2-3H3. The van der Waals surface area contributed by atoms with E-state index in [-0.39, 0.29) is 0 Å². The number of epoxide rings is 1. The lowest BCUT2D eigenvalue weighted by molar-refractivity contribution is 0.0662. The van der Waals surface area contributed by atoms with Crippen LogP contribution in [0.2, 0.25) is 0 Å². The monoisotopic (exact) mass is 438 g/mol. The molecule has 1 atom stereocenters. The Bertz CT molecular complexity index is 404. The summed E-state index contributed by atoms with van der Waals surface area (Å²) in [6, 6.07) is 0. The Morgan fingerprint density at radius 1 is 0.871 bits per heavy atom. The maximum Gasteiger partial charge on any atom is 0.104 e. The molecule has 1 saturated heterocycles. The molecule has 2 aliphatic carbocycles. The molecule has 0 aromatic carbocycles. The highest BCUT2D eigenvalue weighted by Gasteiger charge is 2.24. The van der Waals surface area contributed by atoms with E-state index >= 15 is 0 Å². The lowest BCUT2D eigenvalue weighted by Crippen LogP contribution is -2.07. The first-order chi connectivity index (χ1) is 14.3. The normalized spacial score (nSPS) is 18.8. The first-order valence-electron chi connectivity index (χ1n) is 12.8. The van der Waals surface area contributed by atoms with Crippen molar-refractivity contribution in [1.29, 1.82) is 0 Å². The second-order valence-corrected chi connectivity index (χ2v) is 11.0. The fraction of sp³-hybridized carbons (Fsp3) is 0.862. The first kappa shape index (κ1) is 32.6. The third-order valence-corrected chi connectivity index (χ3v) is 5.60. The molecule has 0 spiro atoms. The molecule has 0 amide bonds. The highest BCUT2D eigenvalue weighted by molar-refractivity contribution is 4.90. The number of allylic oxidation sites excluding steroid dienone is 2. The Morgan fingerprint density at radius 3 is 1.29 bits per heavy atom. The Kier molecular flexibility index (Phi) is 19.9. The zero-order valence-corrected chi connectivity index (χ0v) is 23.2. The lowest BCUT2D eigenvalue weighted by Gasteiger charge is -2.02. The molecule has 0 N–H and O–H groups in total. The molecule has 3 rings (SSSR count). The van der Waals surface area contributed by atoms with Gasteiger partial charge in [0.05, 0.1) is 19.3 Å². The minimum absolute atomic E-state index is 0.346. The van der Waals surface area contributed by atoms with E-state index in [1.165, 1.54) is 31.3 Å². The van der Waals surface area contributed by atoms with Gasteiger partial charge in [0.2, 0.25) is 0 Å². The second-order valence-electron chi connectivity index (χ2n) is 11.0. The molecule has 3 fully saturated rings. The summed E-state index contributed by atoms with van der Waals surface area (Å²) in [5.41, 5.74) is 1.26. The zero-order chi connectivity index (χ0) is 24.6. The first-order valence-corrected chi connectivity index (χ1v) is 12.8. The summed E-state index contributed by atoms with van der Waals surface area (Å²) >= 11 is 0. The van der Waals surface area contributed by atoms with Crippen molar-refractivity contribution in [2.24, 2.45) is 35.5 Å². The fourth-order valence-electron chi connectivity index (χ4n) is 1.99. The number of hydrogen-bond acceptors (Lipinski definition) is 2. The van der Waals surface area contributed by atoms with E-state index in [4.69, 9.17) is 9.47 Å². The molecular formula is C29H58O2. The molecule has 0 aromatic heterocycles. The van der Waals surface area contributed by atoms with Crippen LogP contribution in [0.3, 0.4) is 0 Å². The van der Waals surface area contributed by atoms with Crippen molar-refractivity contribution in [2.45, 2.75) is 114 Å². The molecule has 0 radical (unpaired) electrons. The van der Waals surface area contributed by atoms with Gasteiger partial charge in [0, 0.05) is 0 Å². The Labute approximate surface area is 197 Å². The van der Waals surface area contributed by atoms with Gasteiger partial charge in [-0.05, 0) is 82.0 Å². The van der Waals surface area contributed by atoms with Gasteiger partial charge in [0.25, 0.3) is 0 Å². The maximum atomic E-state index is 5.24. The van der Waals surface area contributed by atoms with E-state index in [9.17, 15) is 0 Å². The van der Waals surface area contributed by atoms with Gasteiger partial charge in [-0.3, -0.25) is 0 Å². The number of hydrogen-bond donors (Lipinski definition) is 0. The van der Waals surface area contributed by atoms with Gasteiger partial charge in [-0.25, -0.2) is 0 Å². The molecule has 1 heterocycles. The largest absolute Gasteiger partial charge is 0.376 e. The molecule has 2 nitrogen and oxygen atoms in total. The SMILES string of the molecule is C=C(C)C(C)C.C=CC(C)C.CC(C)C1CC1.CC(C)C1CC1.CC(C)OCC1CO1. The quantitative estimate of drug-likeness (QED) is 0.292. The van der Waals surface area contributed by atoms with Crippen LogP contribution in [0.1, 0.15) is 102 Å². The third kappa shape index (κ3) is 29.4. The molecule has 2 heteroatoms. The Morgan fingerprint density at radius 2 is 1.19 bits per heavy atom. The topological polar surface area (TPSA) is 21.8 Å². The van der Waals surface area contributed by atoms with E-state index < -0.39 is 0 Å². The molecule has 1 aliphatic heterocycles. The van der Waals surface area contributed by atoms with Gasteiger partial charge in [-0.1, -0.05) is 73.6 Å². The van der Waals surface area contributed by atoms with Crippen LogP contribution in [0.15, 0.2) is 24.8 Å². The Balaban J connectivity index is 0. The highest BCUT2D eigenvalue weighted by atomic mass is 16.6. The average molecular weight is 439 g/mol. The molecule has 0 bridgehead atoms. The summed E-state index contributed by atoms with van der Waals surface area (Å²) in [6.07, 6.45) is 8.67. The van der Waals surface area contributed by atoms with E-state index in [0.29, 0.717) is 24.0 Å². The van der Waals surface area contributed by atoms with Crippen LogP contribution in [-0.2, 0) is 9.47 Å². The van der Waals surface area contributed by atoms with Crippen molar-refractivity contribution < 1.29 is 9.47 Å². The van der Waals surface area contributed by atoms with Crippen LogP contribution in [0.25, 0.3) is 0 Å². The van der Waals surface area contributed by atoms with Crippen molar-refractivity contribution in [1.82, 2.24) is 0 Å². The molecule has 3 aliphatic rings. The summed E-state index contributed by atoms with van der Waals surface area (Å²) < 4.78 is 10.2. The zero-order valence-electron chi connectivity index (χ0n) is 23.2. The van der Waals surface area contributed by atoms with Crippen LogP contribution in [0.4, 0.5) is 0 Å². The predicted molar refractivity (Wildman–Crippen MR) is 141 cm³/mol. The van der Waals surface area contributed by atoms with Crippen molar-refractivity contribution in [2.75, 3.05) is 13.2 Å². The molecule has 186 valence electrons. The van der Waals surface area contributed by atoms with Gasteiger partial charge in [0.15, 0.2) is 0 Å². The fourth-order valence-corrected chi connectivity index (χ4v) is 1.99. The molecule has 31 heavy (non-hydrogen) atoms. The summed E-state index contributed by atoms with van der Waals surface area (Å²) in [5.74, 6) is 5.44. The Hall–Kier alpha value is -0.600. The van der Waals surface area contributed by atoms with Gasteiger partial charge >= 0.3 is 0 Å². The third-order valence-electron chi connectivity index (χ3n) is 5.60. The van der Waals surface area contributed by atoms with Crippen molar-refractivity contribution in [3.8, 4) is 0 Å². The van der Waals surface area contributed by atoms with Crippen LogP contribution >= 0.6 is 0 Å².